The minimum absolute atomic E-state index is 0.0376. The Bertz CT molecular complexity index is 3280. The number of phenolic OH excluding ortho intramolecular Hbond substituents is 2. The Labute approximate surface area is 328 Å². The maximum atomic E-state index is 12.5. The van der Waals surface area contributed by atoms with Crippen LogP contribution >= 0.6 is 0 Å². The van der Waals surface area contributed by atoms with Crippen molar-refractivity contribution in [2.24, 2.45) is 20.5 Å². The maximum Gasteiger partial charge on any atom is 0.296 e. The second kappa shape index (κ2) is 14.8. The molecular weight excluding hydrogens is 845 g/mol. The van der Waals surface area contributed by atoms with Crippen molar-refractivity contribution in [2.45, 2.75) is 19.6 Å². The van der Waals surface area contributed by atoms with Gasteiger partial charge in [0.2, 0.25) is 0 Å². The zero-order valence-corrected chi connectivity index (χ0v) is 32.0. The highest BCUT2D eigenvalue weighted by atomic mass is 32.2. The molecule has 0 aliphatic carbocycles. The second-order valence-electron chi connectivity index (χ2n) is 12.2. The van der Waals surface area contributed by atoms with Crippen LogP contribution in [0.3, 0.4) is 0 Å². The van der Waals surface area contributed by atoms with Crippen molar-refractivity contribution >= 4 is 108 Å². The van der Waals surface area contributed by atoms with E-state index in [0.717, 1.165) is 60.7 Å². The monoisotopic (exact) mass is 870 g/mol. The average molecular weight is 871 g/mol. The van der Waals surface area contributed by atoms with E-state index >= 15 is 0 Å². The molecule has 6 rings (SSSR count). The van der Waals surface area contributed by atoms with Gasteiger partial charge in [0.05, 0.1) is 11.4 Å². The van der Waals surface area contributed by atoms with E-state index in [0.29, 0.717) is 0 Å². The summed E-state index contributed by atoms with van der Waals surface area (Å²) in [5.74, 6) is -1.47. The summed E-state index contributed by atoms with van der Waals surface area (Å²) in [7, 11) is -20.1. The summed E-state index contributed by atoms with van der Waals surface area (Å²) in [6.45, 7) is 0. The molecule has 6 aromatic rings. The van der Waals surface area contributed by atoms with Crippen LogP contribution in [0, 0.1) is 0 Å². The molecule has 300 valence electrons. The number of anilines is 2. The van der Waals surface area contributed by atoms with E-state index in [1.54, 1.807) is 0 Å². The minimum atomic E-state index is -5.10. The maximum absolute atomic E-state index is 12.5. The van der Waals surface area contributed by atoms with Crippen LogP contribution in [0.4, 0.5) is 34.1 Å². The van der Waals surface area contributed by atoms with Gasteiger partial charge in [-0.15, -0.1) is 10.2 Å². The molecule has 0 saturated carbocycles. The fraction of sp³-hybridized carbons (Fsp3) is 0. The molecule has 0 radical (unpaired) electrons. The molecule has 0 heterocycles. The van der Waals surface area contributed by atoms with Crippen molar-refractivity contribution in [2.75, 3.05) is 11.5 Å². The Hall–Kier alpha value is -6.38. The second-order valence-corrected chi connectivity index (χ2v) is 17.7. The van der Waals surface area contributed by atoms with E-state index in [1.807, 2.05) is 0 Å². The SMILES string of the molecule is Nc1ccc2cc(S(=O)(=O)O)c(N=Nc3ccc(S(=O)(=O)O)c(C=Cc4ccc(N=Nc5c(S(=O)(=O)O)cc6ccc(N)cc6c5O)cc4S(=O)(=O)O)c3)c(O)c2c1. The van der Waals surface area contributed by atoms with Gasteiger partial charge in [0.1, 0.15) is 31.0 Å². The van der Waals surface area contributed by atoms with Gasteiger partial charge in [-0.05, 0) is 88.6 Å². The summed E-state index contributed by atoms with van der Waals surface area (Å²) in [4.78, 5) is -3.24. The van der Waals surface area contributed by atoms with Gasteiger partial charge in [0.15, 0.2) is 11.5 Å². The molecular formula is C34H26N6O14S4. The zero-order valence-electron chi connectivity index (χ0n) is 28.8. The molecule has 24 heteroatoms. The predicted octanol–water partition coefficient (Wildman–Crippen LogP) is 6.56. The van der Waals surface area contributed by atoms with Crippen molar-refractivity contribution < 1.29 is 62.1 Å². The lowest BCUT2D eigenvalue weighted by Crippen LogP contribution is -2.01. The van der Waals surface area contributed by atoms with E-state index in [9.17, 15) is 62.1 Å². The molecule has 0 unspecified atom stereocenters. The lowest BCUT2D eigenvalue weighted by Gasteiger charge is -2.10. The molecule has 10 N–H and O–H groups in total. The summed E-state index contributed by atoms with van der Waals surface area (Å²) in [5, 5.41) is 37.3. The number of rotatable bonds is 10. The lowest BCUT2D eigenvalue weighted by molar-refractivity contribution is 0.471. The standard InChI is InChI=1S/C34H26N6O14S4/c35-21-6-3-18-12-29(57(49,50)51)31(33(41)25(18)14-21)39-37-23-9-10-27(55(43,44)45)20(11-23)2-1-17-5-8-24(16-28(17)56(46,47)48)38-40-32-30(58(52,53)54)13-19-4-7-22(36)15-26(19)34(32)42/h1-16,41-42H,35-36H2,(H,43,44,45)(H,46,47,48)(H,49,50,51)(H,52,53,54). The van der Waals surface area contributed by atoms with Gasteiger partial charge in [-0.25, -0.2) is 0 Å². The van der Waals surface area contributed by atoms with Crippen molar-refractivity contribution in [3.63, 3.8) is 0 Å². The van der Waals surface area contributed by atoms with Crippen molar-refractivity contribution in [3.05, 3.63) is 96.1 Å². The third-order valence-corrected chi connectivity index (χ3v) is 11.8. The Morgan fingerprint density at radius 3 is 1.29 bits per heavy atom. The Morgan fingerprint density at radius 2 is 0.845 bits per heavy atom. The normalized spacial score (nSPS) is 13.1. The van der Waals surface area contributed by atoms with E-state index < -0.39 is 82.9 Å². The zero-order chi connectivity index (χ0) is 42.5. The van der Waals surface area contributed by atoms with Crippen molar-refractivity contribution in [1.29, 1.82) is 0 Å². The molecule has 0 fully saturated rings. The highest BCUT2D eigenvalue weighted by Crippen LogP contribution is 2.43. The number of azo groups is 2. The summed E-state index contributed by atoms with van der Waals surface area (Å²) >= 11 is 0. The highest BCUT2D eigenvalue weighted by Gasteiger charge is 2.24. The van der Waals surface area contributed by atoms with Crippen LogP contribution in [0.2, 0.25) is 0 Å². The number of benzene rings is 6. The van der Waals surface area contributed by atoms with Crippen molar-refractivity contribution in [1.82, 2.24) is 0 Å². The first-order chi connectivity index (χ1) is 26.9. The Morgan fingerprint density at radius 1 is 0.431 bits per heavy atom. The number of nitrogens with zero attached hydrogens (tertiary/aromatic N) is 4. The van der Waals surface area contributed by atoms with Gasteiger partial charge in [-0.3, -0.25) is 18.2 Å². The van der Waals surface area contributed by atoms with Gasteiger partial charge in [-0.1, -0.05) is 30.4 Å². The third kappa shape index (κ3) is 8.62. The summed E-state index contributed by atoms with van der Waals surface area (Å²) in [5.41, 5.74) is 9.31. The van der Waals surface area contributed by atoms with Crippen LogP contribution in [0.1, 0.15) is 11.1 Å². The van der Waals surface area contributed by atoms with Crippen LogP contribution in [-0.2, 0) is 40.5 Å². The molecule has 20 nitrogen and oxygen atoms in total. The molecule has 0 aliphatic heterocycles. The third-order valence-electron chi connectivity index (χ3n) is 8.23. The molecule has 6 aromatic carbocycles. The van der Waals surface area contributed by atoms with Crippen LogP contribution < -0.4 is 11.5 Å². The van der Waals surface area contributed by atoms with Crippen LogP contribution in [0.25, 0.3) is 33.7 Å². The van der Waals surface area contributed by atoms with Gasteiger partial charge < -0.3 is 21.7 Å². The van der Waals surface area contributed by atoms with Gasteiger partial charge in [0, 0.05) is 22.1 Å². The van der Waals surface area contributed by atoms with Crippen LogP contribution in [-0.4, -0.2) is 62.1 Å². The van der Waals surface area contributed by atoms with E-state index in [2.05, 4.69) is 20.5 Å². The molecule has 0 saturated heterocycles. The van der Waals surface area contributed by atoms with Gasteiger partial charge in [0.25, 0.3) is 40.5 Å². The fourth-order valence-corrected chi connectivity index (χ4v) is 8.29. The first-order valence-corrected chi connectivity index (χ1v) is 21.5. The van der Waals surface area contributed by atoms with Crippen LogP contribution in [0.15, 0.2) is 125 Å². The molecule has 0 atom stereocenters. The highest BCUT2D eigenvalue weighted by molar-refractivity contribution is 7.86. The Balaban J connectivity index is 1.41. The first kappa shape index (κ1) is 41.3. The number of nitrogens with two attached hydrogens (primary N) is 2. The molecule has 0 aromatic heterocycles. The number of aromatic hydroxyl groups is 2. The van der Waals surface area contributed by atoms with E-state index in [4.69, 9.17) is 11.5 Å². The quantitative estimate of drug-likeness (QED) is 0.0313. The number of nitrogen functional groups attached to an aromatic ring is 2. The lowest BCUT2D eigenvalue weighted by atomic mass is 10.1. The molecule has 0 bridgehead atoms. The van der Waals surface area contributed by atoms with E-state index in [1.165, 1.54) is 36.4 Å². The first-order valence-electron chi connectivity index (χ1n) is 15.7. The largest absolute Gasteiger partial charge is 0.505 e. The number of fused-ring (bicyclic) bond motifs is 2. The minimum Gasteiger partial charge on any atom is -0.505 e. The summed E-state index contributed by atoms with van der Waals surface area (Å²) < 4.78 is 138. The van der Waals surface area contributed by atoms with Crippen molar-refractivity contribution in [3.8, 4) is 11.5 Å². The molecule has 0 amide bonds. The summed E-state index contributed by atoms with van der Waals surface area (Å²) in [6.07, 6.45) is 1.99. The number of phenols is 2. The topological polar surface area (TPSA) is 359 Å². The molecule has 0 aliphatic rings. The molecule has 0 spiro atoms. The van der Waals surface area contributed by atoms with Crippen LogP contribution in [0.5, 0.6) is 11.5 Å². The Kier molecular flexibility index (Phi) is 10.6. The predicted molar refractivity (Wildman–Crippen MR) is 209 cm³/mol. The van der Waals surface area contributed by atoms with Gasteiger partial charge in [-0.2, -0.15) is 43.9 Å². The molecule has 58 heavy (non-hydrogen) atoms. The smallest absolute Gasteiger partial charge is 0.296 e. The average Bonchev–Trinajstić information content (AvgIpc) is 3.12. The number of hydrogen-bond donors (Lipinski definition) is 8. The fourth-order valence-electron chi connectivity index (χ4n) is 5.61. The van der Waals surface area contributed by atoms with E-state index in [-0.39, 0.29) is 55.4 Å². The summed E-state index contributed by atoms with van der Waals surface area (Å²) in [6, 6.07) is 16.1. The van der Waals surface area contributed by atoms with Gasteiger partial charge >= 0.3 is 0 Å². The number of hydrogen-bond acceptors (Lipinski definition) is 16.